The standard InChI is InChI=1S/C15H20N2O2/c1-10(2)19-14-7-5-13(6-8-14)17-15(18)11-3-4-12(16)9-11/h3-8,10-12H,9,16H2,1-2H3,(H,17,18). The van der Waals surface area contributed by atoms with Gasteiger partial charge in [0.15, 0.2) is 0 Å². The fourth-order valence-electron chi connectivity index (χ4n) is 2.05. The van der Waals surface area contributed by atoms with Crippen molar-refractivity contribution in [1.82, 2.24) is 0 Å². The molecule has 2 atom stereocenters. The Morgan fingerprint density at radius 3 is 2.53 bits per heavy atom. The largest absolute Gasteiger partial charge is 0.491 e. The predicted octanol–water partition coefficient (Wildman–Crippen LogP) is 2.32. The second-order valence-electron chi connectivity index (χ2n) is 5.07. The van der Waals surface area contributed by atoms with Gasteiger partial charge >= 0.3 is 0 Å². The van der Waals surface area contributed by atoms with Gasteiger partial charge in [0.1, 0.15) is 5.75 Å². The number of anilines is 1. The van der Waals surface area contributed by atoms with Crippen LogP contribution in [0.5, 0.6) is 5.75 Å². The highest BCUT2D eigenvalue weighted by Crippen LogP contribution is 2.21. The smallest absolute Gasteiger partial charge is 0.231 e. The summed E-state index contributed by atoms with van der Waals surface area (Å²) in [4.78, 5) is 12.0. The molecule has 102 valence electrons. The lowest BCUT2D eigenvalue weighted by Crippen LogP contribution is -2.23. The first kappa shape index (κ1) is 13.6. The quantitative estimate of drug-likeness (QED) is 0.816. The lowest BCUT2D eigenvalue weighted by Gasteiger charge is -2.12. The molecule has 0 aliphatic heterocycles. The maximum Gasteiger partial charge on any atom is 0.231 e. The number of rotatable bonds is 4. The third-order valence-electron chi connectivity index (χ3n) is 2.95. The number of ether oxygens (including phenoxy) is 1. The first-order chi connectivity index (χ1) is 9.04. The molecule has 4 nitrogen and oxygen atoms in total. The molecule has 1 aliphatic carbocycles. The first-order valence-corrected chi connectivity index (χ1v) is 6.56. The molecule has 0 aromatic heterocycles. The van der Waals surface area contributed by atoms with Crippen LogP contribution in [0, 0.1) is 5.92 Å². The fourth-order valence-corrected chi connectivity index (χ4v) is 2.05. The summed E-state index contributed by atoms with van der Waals surface area (Å²) in [6.07, 6.45) is 4.58. The van der Waals surface area contributed by atoms with Crippen LogP contribution in [0.2, 0.25) is 0 Å². The summed E-state index contributed by atoms with van der Waals surface area (Å²) in [6.45, 7) is 3.96. The van der Waals surface area contributed by atoms with Gasteiger partial charge in [-0.05, 0) is 44.5 Å². The number of carbonyl (C=O) groups is 1. The van der Waals surface area contributed by atoms with Crippen LogP contribution in [0.1, 0.15) is 20.3 Å². The number of nitrogens with one attached hydrogen (secondary N) is 1. The monoisotopic (exact) mass is 260 g/mol. The zero-order valence-electron chi connectivity index (χ0n) is 11.3. The highest BCUT2D eigenvalue weighted by atomic mass is 16.5. The average molecular weight is 260 g/mol. The van der Waals surface area contributed by atoms with E-state index in [-0.39, 0.29) is 24.0 Å². The van der Waals surface area contributed by atoms with Gasteiger partial charge in [-0.3, -0.25) is 4.79 Å². The molecule has 3 N–H and O–H groups in total. The Hall–Kier alpha value is -1.81. The Morgan fingerprint density at radius 2 is 2.00 bits per heavy atom. The van der Waals surface area contributed by atoms with E-state index in [1.807, 2.05) is 50.3 Å². The van der Waals surface area contributed by atoms with Crippen molar-refractivity contribution in [2.24, 2.45) is 11.7 Å². The molecule has 1 aliphatic rings. The zero-order valence-corrected chi connectivity index (χ0v) is 11.3. The van der Waals surface area contributed by atoms with Crippen LogP contribution in [0.25, 0.3) is 0 Å². The van der Waals surface area contributed by atoms with Gasteiger partial charge in [-0.1, -0.05) is 12.2 Å². The Balaban J connectivity index is 1.92. The number of nitrogens with two attached hydrogens (primary N) is 1. The van der Waals surface area contributed by atoms with Crippen molar-refractivity contribution in [3.63, 3.8) is 0 Å². The average Bonchev–Trinajstić information content (AvgIpc) is 2.78. The Morgan fingerprint density at radius 1 is 1.32 bits per heavy atom. The summed E-state index contributed by atoms with van der Waals surface area (Å²) >= 11 is 0. The van der Waals surface area contributed by atoms with Crippen molar-refractivity contribution >= 4 is 11.6 Å². The van der Waals surface area contributed by atoms with Gasteiger partial charge in [-0.2, -0.15) is 0 Å². The van der Waals surface area contributed by atoms with Gasteiger partial charge < -0.3 is 15.8 Å². The molecule has 0 bridgehead atoms. The zero-order chi connectivity index (χ0) is 13.8. The van der Waals surface area contributed by atoms with Crippen LogP contribution in [0.15, 0.2) is 36.4 Å². The molecular formula is C15H20N2O2. The molecule has 0 radical (unpaired) electrons. The molecule has 2 rings (SSSR count). The van der Waals surface area contributed by atoms with Crippen LogP contribution >= 0.6 is 0 Å². The van der Waals surface area contributed by atoms with Gasteiger partial charge in [0.2, 0.25) is 5.91 Å². The minimum atomic E-state index is -0.124. The van der Waals surface area contributed by atoms with Crippen LogP contribution in [-0.2, 0) is 4.79 Å². The minimum absolute atomic E-state index is 0.00225. The first-order valence-electron chi connectivity index (χ1n) is 6.56. The van der Waals surface area contributed by atoms with E-state index in [0.29, 0.717) is 6.42 Å². The molecule has 1 amide bonds. The number of amides is 1. The molecule has 19 heavy (non-hydrogen) atoms. The molecule has 4 heteroatoms. The van der Waals surface area contributed by atoms with Crippen molar-refractivity contribution in [1.29, 1.82) is 0 Å². The van der Waals surface area contributed by atoms with Crippen LogP contribution in [0.3, 0.4) is 0 Å². The molecule has 1 aromatic rings. The number of carbonyl (C=O) groups excluding carboxylic acids is 1. The molecule has 0 saturated carbocycles. The van der Waals surface area contributed by atoms with Crippen molar-refractivity contribution in [2.75, 3.05) is 5.32 Å². The second-order valence-corrected chi connectivity index (χ2v) is 5.07. The summed E-state index contributed by atoms with van der Waals surface area (Å²) in [5.41, 5.74) is 6.51. The Kier molecular flexibility index (Phi) is 4.22. The van der Waals surface area contributed by atoms with E-state index in [4.69, 9.17) is 10.5 Å². The van der Waals surface area contributed by atoms with E-state index in [1.54, 1.807) is 0 Å². The Labute approximate surface area is 113 Å². The Bertz CT molecular complexity index is 466. The van der Waals surface area contributed by atoms with E-state index in [2.05, 4.69) is 5.32 Å². The van der Waals surface area contributed by atoms with Gasteiger partial charge in [0.05, 0.1) is 12.0 Å². The maximum atomic E-state index is 12.0. The summed E-state index contributed by atoms with van der Waals surface area (Å²) in [5, 5.41) is 2.88. The number of benzene rings is 1. The van der Waals surface area contributed by atoms with Crippen LogP contribution in [0.4, 0.5) is 5.69 Å². The van der Waals surface area contributed by atoms with Crippen molar-refractivity contribution in [2.45, 2.75) is 32.4 Å². The van der Waals surface area contributed by atoms with E-state index < -0.39 is 0 Å². The van der Waals surface area contributed by atoms with Gasteiger partial charge in [0, 0.05) is 11.7 Å². The fraction of sp³-hybridized carbons (Fsp3) is 0.400. The molecule has 2 unspecified atom stereocenters. The second kappa shape index (κ2) is 5.89. The molecule has 0 saturated heterocycles. The highest BCUT2D eigenvalue weighted by molar-refractivity contribution is 5.94. The van der Waals surface area contributed by atoms with Crippen LogP contribution < -0.4 is 15.8 Å². The predicted molar refractivity (Wildman–Crippen MR) is 76.1 cm³/mol. The SMILES string of the molecule is CC(C)Oc1ccc(NC(=O)C2C=CC(N)C2)cc1. The normalized spacial score (nSPS) is 21.7. The van der Waals surface area contributed by atoms with E-state index in [1.165, 1.54) is 0 Å². The summed E-state index contributed by atoms with van der Waals surface area (Å²) in [6, 6.07) is 7.39. The summed E-state index contributed by atoms with van der Waals surface area (Å²) in [5.74, 6) is 0.666. The van der Waals surface area contributed by atoms with Crippen molar-refractivity contribution in [3.8, 4) is 5.75 Å². The summed E-state index contributed by atoms with van der Waals surface area (Å²) < 4.78 is 5.55. The highest BCUT2D eigenvalue weighted by Gasteiger charge is 2.22. The molecular weight excluding hydrogens is 240 g/mol. The van der Waals surface area contributed by atoms with Crippen molar-refractivity contribution < 1.29 is 9.53 Å². The molecule has 0 fully saturated rings. The van der Waals surface area contributed by atoms with E-state index in [0.717, 1.165) is 11.4 Å². The van der Waals surface area contributed by atoms with Gasteiger partial charge in [-0.25, -0.2) is 0 Å². The lowest BCUT2D eigenvalue weighted by molar-refractivity contribution is -0.118. The number of hydrogen-bond donors (Lipinski definition) is 2. The van der Waals surface area contributed by atoms with Gasteiger partial charge in [-0.15, -0.1) is 0 Å². The summed E-state index contributed by atoms with van der Waals surface area (Å²) in [7, 11) is 0. The van der Waals surface area contributed by atoms with Crippen molar-refractivity contribution in [3.05, 3.63) is 36.4 Å². The third-order valence-corrected chi connectivity index (χ3v) is 2.95. The lowest BCUT2D eigenvalue weighted by atomic mass is 10.1. The minimum Gasteiger partial charge on any atom is -0.491 e. The molecule has 0 heterocycles. The van der Waals surface area contributed by atoms with Gasteiger partial charge in [0.25, 0.3) is 0 Å². The maximum absolute atomic E-state index is 12.0. The molecule has 1 aromatic carbocycles. The van der Waals surface area contributed by atoms with E-state index in [9.17, 15) is 4.79 Å². The third kappa shape index (κ3) is 3.83. The van der Waals surface area contributed by atoms with Crippen LogP contribution in [-0.4, -0.2) is 18.1 Å². The molecule has 0 spiro atoms. The van der Waals surface area contributed by atoms with E-state index >= 15 is 0 Å². The number of hydrogen-bond acceptors (Lipinski definition) is 3. The topological polar surface area (TPSA) is 64.3 Å².